The normalized spacial score (nSPS) is 20.0. The zero-order valence-electron chi connectivity index (χ0n) is 12.1. The van der Waals surface area contributed by atoms with Crippen LogP contribution in [0.3, 0.4) is 0 Å². The zero-order valence-corrected chi connectivity index (χ0v) is 12.9. The monoisotopic (exact) mass is 313 g/mol. The number of amides is 1. The van der Waals surface area contributed by atoms with Crippen molar-refractivity contribution in [3.63, 3.8) is 0 Å². The molecule has 116 valence electrons. The predicted molar refractivity (Wildman–Crippen MR) is 78.6 cm³/mol. The van der Waals surface area contributed by atoms with Gasteiger partial charge in [-0.15, -0.1) is 0 Å². The van der Waals surface area contributed by atoms with Gasteiger partial charge in [-0.05, 0) is 18.9 Å². The molecule has 8 heteroatoms. The molecule has 1 fully saturated rings. The Morgan fingerprint density at radius 1 is 1.43 bits per heavy atom. The van der Waals surface area contributed by atoms with Crippen LogP contribution in [0.5, 0.6) is 5.88 Å². The number of carbonyl (C=O) groups is 1. The van der Waals surface area contributed by atoms with Gasteiger partial charge in [0.2, 0.25) is 21.8 Å². The number of aromatic nitrogens is 1. The number of nitrogens with one attached hydrogen (secondary N) is 1. The van der Waals surface area contributed by atoms with E-state index in [0.717, 1.165) is 19.1 Å². The molecule has 0 saturated carbocycles. The summed E-state index contributed by atoms with van der Waals surface area (Å²) in [7, 11) is -1.88. The minimum atomic E-state index is -3.39. The molecule has 1 amide bonds. The highest BCUT2D eigenvalue weighted by Gasteiger charge is 2.34. The average molecular weight is 313 g/mol. The Balaban J connectivity index is 2.10. The van der Waals surface area contributed by atoms with Gasteiger partial charge in [-0.25, -0.2) is 13.4 Å². The van der Waals surface area contributed by atoms with Gasteiger partial charge in [0.05, 0.1) is 25.2 Å². The maximum Gasteiger partial charge on any atom is 0.242 e. The number of hydrogen-bond acceptors (Lipinski definition) is 5. The second kappa shape index (κ2) is 6.40. The number of carbonyl (C=O) groups excluding carboxylic acids is 1. The van der Waals surface area contributed by atoms with Crippen molar-refractivity contribution in [1.29, 1.82) is 0 Å². The SMILES string of the molecule is COc1ccc(NC(=O)C2CCCCN2S(C)(=O)=O)cn1. The van der Waals surface area contributed by atoms with Crippen molar-refractivity contribution in [2.75, 3.05) is 25.2 Å². The quantitative estimate of drug-likeness (QED) is 0.890. The Labute approximate surface area is 124 Å². The maximum absolute atomic E-state index is 12.3. The number of hydrogen-bond donors (Lipinski definition) is 1. The predicted octanol–water partition coefficient (Wildman–Crippen LogP) is 0.843. The van der Waals surface area contributed by atoms with Gasteiger partial charge in [0.25, 0.3) is 0 Å². The van der Waals surface area contributed by atoms with Gasteiger partial charge in [0, 0.05) is 12.6 Å². The van der Waals surface area contributed by atoms with Crippen LogP contribution in [-0.4, -0.2) is 49.6 Å². The number of methoxy groups -OCH3 is 1. The minimum absolute atomic E-state index is 0.327. The summed E-state index contributed by atoms with van der Waals surface area (Å²) < 4.78 is 29.7. The van der Waals surface area contributed by atoms with Crippen molar-refractivity contribution in [2.45, 2.75) is 25.3 Å². The lowest BCUT2D eigenvalue weighted by Crippen LogP contribution is -2.49. The largest absolute Gasteiger partial charge is 0.481 e. The molecular weight excluding hydrogens is 294 g/mol. The van der Waals surface area contributed by atoms with Gasteiger partial charge in [-0.3, -0.25) is 4.79 Å². The van der Waals surface area contributed by atoms with Crippen LogP contribution in [0.25, 0.3) is 0 Å². The second-order valence-electron chi connectivity index (χ2n) is 4.96. The van der Waals surface area contributed by atoms with E-state index in [1.54, 1.807) is 12.1 Å². The summed E-state index contributed by atoms with van der Waals surface area (Å²) in [6.45, 7) is 0.387. The molecule has 2 rings (SSSR count). The number of sulfonamides is 1. The van der Waals surface area contributed by atoms with E-state index >= 15 is 0 Å². The van der Waals surface area contributed by atoms with Crippen LogP contribution in [0.2, 0.25) is 0 Å². The Hall–Kier alpha value is -1.67. The molecule has 0 radical (unpaired) electrons. The maximum atomic E-state index is 12.3. The summed E-state index contributed by atoms with van der Waals surface area (Å²) in [5.41, 5.74) is 0.514. The lowest BCUT2D eigenvalue weighted by molar-refractivity contribution is -0.120. The minimum Gasteiger partial charge on any atom is -0.481 e. The summed E-state index contributed by atoms with van der Waals surface area (Å²) in [6, 6.07) is 2.64. The van der Waals surface area contributed by atoms with Crippen molar-refractivity contribution >= 4 is 21.6 Å². The summed E-state index contributed by atoms with van der Waals surface area (Å²) >= 11 is 0. The van der Waals surface area contributed by atoms with E-state index in [1.807, 2.05) is 0 Å². The highest BCUT2D eigenvalue weighted by molar-refractivity contribution is 7.88. The third-order valence-electron chi connectivity index (χ3n) is 3.40. The van der Waals surface area contributed by atoms with Crippen molar-refractivity contribution in [3.8, 4) is 5.88 Å². The lowest BCUT2D eigenvalue weighted by atomic mass is 10.0. The molecule has 21 heavy (non-hydrogen) atoms. The van der Waals surface area contributed by atoms with Gasteiger partial charge < -0.3 is 10.1 Å². The third-order valence-corrected chi connectivity index (χ3v) is 4.68. The molecule has 1 atom stereocenters. The zero-order chi connectivity index (χ0) is 15.5. The standard InChI is InChI=1S/C13H19N3O4S/c1-20-12-7-6-10(9-14-12)15-13(17)11-5-3-4-8-16(11)21(2,18)19/h6-7,9,11H,3-5,8H2,1-2H3,(H,15,17). The Morgan fingerprint density at radius 2 is 2.19 bits per heavy atom. The first-order valence-electron chi connectivity index (χ1n) is 6.69. The van der Waals surface area contributed by atoms with Crippen LogP contribution < -0.4 is 10.1 Å². The summed E-state index contributed by atoms with van der Waals surface area (Å²) in [4.78, 5) is 16.3. The van der Waals surface area contributed by atoms with Gasteiger partial charge in [0.15, 0.2) is 0 Å². The molecular formula is C13H19N3O4S. The van der Waals surface area contributed by atoms with Crippen LogP contribution in [-0.2, 0) is 14.8 Å². The molecule has 0 aromatic carbocycles. The van der Waals surface area contributed by atoms with E-state index in [-0.39, 0.29) is 5.91 Å². The summed E-state index contributed by atoms with van der Waals surface area (Å²) in [5, 5.41) is 2.70. The first-order valence-corrected chi connectivity index (χ1v) is 8.54. The number of rotatable bonds is 4. The first-order chi connectivity index (χ1) is 9.91. The molecule has 1 N–H and O–H groups in total. The van der Waals surface area contributed by atoms with Gasteiger partial charge in [-0.1, -0.05) is 6.42 Å². The fourth-order valence-corrected chi connectivity index (χ4v) is 3.49. The summed E-state index contributed by atoms with van der Waals surface area (Å²) in [6.07, 6.45) is 4.76. The van der Waals surface area contributed by atoms with Crippen LogP contribution >= 0.6 is 0 Å². The van der Waals surface area contributed by atoms with E-state index in [9.17, 15) is 13.2 Å². The highest BCUT2D eigenvalue weighted by atomic mass is 32.2. The van der Waals surface area contributed by atoms with E-state index < -0.39 is 16.1 Å². The smallest absolute Gasteiger partial charge is 0.242 e. The van der Waals surface area contributed by atoms with Gasteiger partial charge in [0.1, 0.15) is 6.04 Å². The van der Waals surface area contributed by atoms with Crippen molar-refractivity contribution in [3.05, 3.63) is 18.3 Å². The van der Waals surface area contributed by atoms with Crippen LogP contribution in [0.15, 0.2) is 18.3 Å². The fourth-order valence-electron chi connectivity index (χ4n) is 2.36. The second-order valence-corrected chi connectivity index (χ2v) is 6.90. The van der Waals surface area contributed by atoms with Gasteiger partial charge in [-0.2, -0.15) is 4.31 Å². The third kappa shape index (κ3) is 3.92. The van der Waals surface area contributed by atoms with Crippen LogP contribution in [0, 0.1) is 0 Å². The molecule has 1 aromatic heterocycles. The van der Waals surface area contributed by atoms with Crippen LogP contribution in [0.1, 0.15) is 19.3 Å². The first kappa shape index (κ1) is 15.7. The van der Waals surface area contributed by atoms with Crippen molar-refractivity contribution < 1.29 is 17.9 Å². The van der Waals surface area contributed by atoms with E-state index in [2.05, 4.69) is 10.3 Å². The Kier molecular flexibility index (Phi) is 4.79. The topological polar surface area (TPSA) is 88.6 Å². The number of ether oxygens (including phenoxy) is 1. The molecule has 2 heterocycles. The van der Waals surface area contributed by atoms with Crippen LogP contribution in [0.4, 0.5) is 5.69 Å². The molecule has 1 unspecified atom stereocenters. The van der Waals surface area contributed by atoms with Crippen molar-refractivity contribution in [1.82, 2.24) is 9.29 Å². The Bertz CT molecular complexity index is 600. The molecule has 0 spiro atoms. The lowest BCUT2D eigenvalue weighted by Gasteiger charge is -2.32. The van der Waals surface area contributed by atoms with E-state index in [0.29, 0.717) is 24.5 Å². The van der Waals surface area contributed by atoms with Crippen molar-refractivity contribution in [2.24, 2.45) is 0 Å². The molecule has 0 bridgehead atoms. The highest BCUT2D eigenvalue weighted by Crippen LogP contribution is 2.21. The van der Waals surface area contributed by atoms with Gasteiger partial charge >= 0.3 is 0 Å². The Morgan fingerprint density at radius 3 is 2.76 bits per heavy atom. The molecule has 1 aliphatic heterocycles. The molecule has 0 aliphatic carbocycles. The van der Waals surface area contributed by atoms with E-state index in [4.69, 9.17) is 4.74 Å². The molecule has 7 nitrogen and oxygen atoms in total. The number of piperidine rings is 1. The number of pyridine rings is 1. The van der Waals surface area contributed by atoms with E-state index in [1.165, 1.54) is 17.6 Å². The average Bonchev–Trinajstić information content (AvgIpc) is 2.47. The molecule has 1 saturated heterocycles. The number of nitrogens with zero attached hydrogens (tertiary/aromatic N) is 2. The molecule has 1 aromatic rings. The fraction of sp³-hybridized carbons (Fsp3) is 0.538. The number of anilines is 1. The summed E-state index contributed by atoms with van der Waals surface area (Å²) in [5.74, 6) is 0.121. The molecule has 1 aliphatic rings.